The van der Waals surface area contributed by atoms with Crippen LogP contribution in [-0.4, -0.2) is 40.1 Å². The number of imide groups is 1. The van der Waals surface area contributed by atoms with Crippen LogP contribution in [0.2, 0.25) is 0 Å². The van der Waals surface area contributed by atoms with Crippen molar-refractivity contribution in [3.8, 4) is 0 Å². The second-order valence-corrected chi connectivity index (χ2v) is 5.03. The minimum atomic E-state index is -0.813. The van der Waals surface area contributed by atoms with Gasteiger partial charge < -0.3 is 5.32 Å². The van der Waals surface area contributed by atoms with Gasteiger partial charge in [0.25, 0.3) is 17.5 Å². The van der Waals surface area contributed by atoms with Crippen LogP contribution in [0.25, 0.3) is 0 Å². The molecule has 1 heterocycles. The first-order valence-corrected chi connectivity index (χ1v) is 6.79. The van der Waals surface area contributed by atoms with Gasteiger partial charge in [-0.3, -0.25) is 29.4 Å². The monoisotopic (exact) mass is 305 g/mol. The van der Waals surface area contributed by atoms with E-state index in [0.29, 0.717) is 6.42 Å². The summed E-state index contributed by atoms with van der Waals surface area (Å²) in [7, 11) is 0. The highest BCUT2D eigenvalue weighted by atomic mass is 16.6. The molecule has 0 unspecified atom stereocenters. The molecule has 0 spiro atoms. The van der Waals surface area contributed by atoms with E-state index in [0.717, 1.165) is 11.0 Å². The van der Waals surface area contributed by atoms with Crippen molar-refractivity contribution in [1.82, 2.24) is 10.2 Å². The van der Waals surface area contributed by atoms with Crippen LogP contribution in [0.15, 0.2) is 18.2 Å². The number of fused-ring (bicyclic) bond motifs is 1. The molecule has 8 heteroatoms. The largest absolute Gasteiger partial charge is 0.352 e. The molecule has 0 aliphatic carbocycles. The SMILES string of the molecule is CC[C@H](C)NC(=O)CN1C(=O)c2cccc([N+](=O)[O-])c2C1=O. The third kappa shape index (κ3) is 2.67. The normalized spacial score (nSPS) is 14.7. The van der Waals surface area contributed by atoms with Crippen LogP contribution in [0.1, 0.15) is 41.0 Å². The number of nitrogens with one attached hydrogen (secondary N) is 1. The van der Waals surface area contributed by atoms with Crippen LogP contribution in [0.4, 0.5) is 5.69 Å². The molecule has 1 aliphatic heterocycles. The molecule has 3 amide bonds. The summed E-state index contributed by atoms with van der Waals surface area (Å²) >= 11 is 0. The maximum absolute atomic E-state index is 12.2. The van der Waals surface area contributed by atoms with Crippen LogP contribution in [0.3, 0.4) is 0 Å². The first-order valence-electron chi connectivity index (χ1n) is 6.79. The first kappa shape index (κ1) is 15.6. The predicted octanol–water partition coefficient (Wildman–Crippen LogP) is 1.11. The van der Waals surface area contributed by atoms with Crippen LogP contribution >= 0.6 is 0 Å². The number of benzene rings is 1. The van der Waals surface area contributed by atoms with Crippen LogP contribution < -0.4 is 5.32 Å². The number of nitro benzene ring substituents is 1. The Morgan fingerprint density at radius 3 is 2.64 bits per heavy atom. The van der Waals surface area contributed by atoms with Gasteiger partial charge in [0.2, 0.25) is 5.91 Å². The molecular weight excluding hydrogens is 290 g/mol. The molecule has 0 saturated heterocycles. The van der Waals surface area contributed by atoms with Crippen molar-refractivity contribution >= 4 is 23.4 Å². The van der Waals surface area contributed by atoms with Gasteiger partial charge in [0.15, 0.2) is 0 Å². The van der Waals surface area contributed by atoms with Crippen molar-refractivity contribution in [2.24, 2.45) is 0 Å². The molecule has 1 aliphatic rings. The van der Waals surface area contributed by atoms with E-state index in [9.17, 15) is 24.5 Å². The lowest BCUT2D eigenvalue weighted by molar-refractivity contribution is -0.385. The van der Waals surface area contributed by atoms with Gasteiger partial charge in [0, 0.05) is 12.1 Å². The van der Waals surface area contributed by atoms with E-state index in [4.69, 9.17) is 0 Å². The predicted molar refractivity (Wildman–Crippen MR) is 76.4 cm³/mol. The number of amides is 3. The molecule has 1 atom stereocenters. The summed E-state index contributed by atoms with van der Waals surface area (Å²) in [6.45, 7) is 3.23. The van der Waals surface area contributed by atoms with E-state index in [1.165, 1.54) is 12.1 Å². The quantitative estimate of drug-likeness (QED) is 0.497. The second kappa shape index (κ2) is 5.92. The van der Waals surface area contributed by atoms with Gasteiger partial charge in [-0.05, 0) is 19.4 Å². The van der Waals surface area contributed by atoms with Crippen molar-refractivity contribution in [1.29, 1.82) is 0 Å². The second-order valence-electron chi connectivity index (χ2n) is 5.03. The number of carbonyl (C=O) groups excluding carboxylic acids is 3. The minimum Gasteiger partial charge on any atom is -0.352 e. The van der Waals surface area contributed by atoms with Gasteiger partial charge in [-0.2, -0.15) is 0 Å². The Bertz CT molecular complexity index is 670. The third-order valence-electron chi connectivity index (χ3n) is 3.50. The maximum Gasteiger partial charge on any atom is 0.282 e. The Kier molecular flexibility index (Phi) is 4.20. The van der Waals surface area contributed by atoms with Crippen LogP contribution in [0, 0.1) is 10.1 Å². The van der Waals surface area contributed by atoms with Gasteiger partial charge in [-0.15, -0.1) is 0 Å². The van der Waals surface area contributed by atoms with Crippen LogP contribution in [-0.2, 0) is 4.79 Å². The Labute approximate surface area is 126 Å². The van der Waals surface area contributed by atoms with Gasteiger partial charge in [0.05, 0.1) is 10.5 Å². The summed E-state index contributed by atoms with van der Waals surface area (Å²) in [6, 6.07) is 3.75. The lowest BCUT2D eigenvalue weighted by Gasteiger charge is -2.16. The molecule has 0 fully saturated rings. The van der Waals surface area contributed by atoms with Gasteiger partial charge >= 0.3 is 0 Å². The van der Waals surface area contributed by atoms with E-state index in [2.05, 4.69) is 5.32 Å². The molecule has 2 rings (SSSR count). The maximum atomic E-state index is 12.2. The van der Waals surface area contributed by atoms with Crippen molar-refractivity contribution in [3.05, 3.63) is 39.4 Å². The van der Waals surface area contributed by atoms with E-state index in [1.54, 1.807) is 6.92 Å². The van der Waals surface area contributed by atoms with E-state index < -0.39 is 34.9 Å². The summed E-state index contributed by atoms with van der Waals surface area (Å²) in [5.74, 6) is -1.99. The van der Waals surface area contributed by atoms with Crippen molar-refractivity contribution in [3.63, 3.8) is 0 Å². The van der Waals surface area contributed by atoms with Crippen molar-refractivity contribution in [2.75, 3.05) is 6.54 Å². The molecule has 1 aromatic rings. The Hall–Kier alpha value is -2.77. The standard InChI is InChI=1S/C14H15N3O5/c1-3-8(2)15-11(18)7-16-13(19)9-5-4-6-10(17(21)22)12(9)14(16)20/h4-6,8H,3,7H2,1-2H3,(H,15,18)/t8-/m0/s1. The van der Waals surface area contributed by atoms with Gasteiger partial charge in [0.1, 0.15) is 12.1 Å². The number of rotatable bonds is 5. The fourth-order valence-corrected chi connectivity index (χ4v) is 2.18. The number of nitrogens with zero attached hydrogens (tertiary/aromatic N) is 2. The number of hydrogen-bond acceptors (Lipinski definition) is 5. The lowest BCUT2D eigenvalue weighted by atomic mass is 10.1. The highest BCUT2D eigenvalue weighted by molar-refractivity contribution is 6.24. The smallest absolute Gasteiger partial charge is 0.282 e. The Balaban J connectivity index is 2.26. The zero-order valence-corrected chi connectivity index (χ0v) is 12.2. The van der Waals surface area contributed by atoms with Gasteiger partial charge in [-0.25, -0.2) is 0 Å². The molecule has 116 valence electrons. The molecule has 0 aromatic heterocycles. The highest BCUT2D eigenvalue weighted by Gasteiger charge is 2.41. The summed E-state index contributed by atoms with van der Waals surface area (Å²) in [5, 5.41) is 13.6. The molecule has 1 N–H and O–H groups in total. The summed E-state index contributed by atoms with van der Waals surface area (Å²) in [6.07, 6.45) is 0.708. The topological polar surface area (TPSA) is 110 Å². The average molecular weight is 305 g/mol. The number of nitro groups is 1. The van der Waals surface area contributed by atoms with Crippen molar-refractivity contribution in [2.45, 2.75) is 26.3 Å². The summed E-state index contributed by atoms with van der Waals surface area (Å²) in [5.41, 5.74) is -0.731. The molecule has 1 aromatic carbocycles. The van der Waals surface area contributed by atoms with E-state index >= 15 is 0 Å². The Morgan fingerprint density at radius 2 is 2.05 bits per heavy atom. The van der Waals surface area contributed by atoms with Crippen molar-refractivity contribution < 1.29 is 19.3 Å². The molecule has 0 bridgehead atoms. The minimum absolute atomic E-state index is 0.0458. The summed E-state index contributed by atoms with van der Waals surface area (Å²) in [4.78, 5) is 47.2. The zero-order valence-electron chi connectivity index (χ0n) is 12.2. The average Bonchev–Trinajstić information content (AvgIpc) is 2.72. The molecular formula is C14H15N3O5. The molecule has 22 heavy (non-hydrogen) atoms. The number of carbonyl (C=O) groups is 3. The highest BCUT2D eigenvalue weighted by Crippen LogP contribution is 2.30. The number of hydrogen-bond donors (Lipinski definition) is 1. The fraction of sp³-hybridized carbons (Fsp3) is 0.357. The van der Waals surface area contributed by atoms with Crippen LogP contribution in [0.5, 0.6) is 0 Å². The zero-order chi connectivity index (χ0) is 16.4. The van der Waals surface area contributed by atoms with E-state index in [1.807, 2.05) is 6.92 Å². The third-order valence-corrected chi connectivity index (χ3v) is 3.50. The summed E-state index contributed by atoms with van der Waals surface area (Å²) < 4.78 is 0. The Morgan fingerprint density at radius 1 is 1.36 bits per heavy atom. The van der Waals surface area contributed by atoms with Gasteiger partial charge in [-0.1, -0.05) is 13.0 Å². The lowest BCUT2D eigenvalue weighted by Crippen LogP contribution is -2.43. The molecule has 8 nitrogen and oxygen atoms in total. The molecule has 0 radical (unpaired) electrons. The van der Waals surface area contributed by atoms with E-state index in [-0.39, 0.29) is 17.2 Å². The molecule has 0 saturated carbocycles. The fourth-order valence-electron chi connectivity index (χ4n) is 2.18. The first-order chi connectivity index (χ1) is 10.4.